The third kappa shape index (κ3) is 2.99. The molecule has 132 valence electrons. The maximum atomic E-state index is 13.0. The van der Waals surface area contributed by atoms with E-state index >= 15 is 0 Å². The third-order valence-corrected chi connectivity index (χ3v) is 6.31. The minimum atomic E-state index is -0.490. The first kappa shape index (κ1) is 17.1. The number of fused-ring (bicyclic) bond motifs is 1. The van der Waals surface area contributed by atoms with Gasteiger partial charge >= 0.3 is 0 Å². The number of para-hydroxylation sites is 1. The smallest absolute Gasteiger partial charge is 0.284 e. The van der Waals surface area contributed by atoms with Gasteiger partial charge in [0, 0.05) is 18.2 Å². The van der Waals surface area contributed by atoms with Crippen molar-refractivity contribution >= 4 is 49.1 Å². The summed E-state index contributed by atoms with van der Waals surface area (Å²) in [7, 11) is 0. The molecule has 2 aromatic carbocycles. The molecule has 1 aromatic heterocycles. The van der Waals surface area contributed by atoms with Gasteiger partial charge in [0.1, 0.15) is 5.01 Å². The summed E-state index contributed by atoms with van der Waals surface area (Å²) in [4.78, 5) is 30.1. The van der Waals surface area contributed by atoms with Crippen LogP contribution in [0.3, 0.4) is 0 Å². The molecule has 0 bridgehead atoms. The second-order valence-corrected chi connectivity index (χ2v) is 8.02. The van der Waals surface area contributed by atoms with Crippen LogP contribution in [0.25, 0.3) is 10.2 Å². The third-order valence-electron chi connectivity index (χ3n) is 4.50. The maximum Gasteiger partial charge on any atom is 0.284 e. The zero-order valence-electron chi connectivity index (χ0n) is 13.6. The number of amides is 1. The highest BCUT2D eigenvalue weighted by atomic mass is 79.9. The van der Waals surface area contributed by atoms with Gasteiger partial charge in [-0.2, -0.15) is 0 Å². The number of carbonyl (C=O) groups excluding carboxylic acids is 1. The van der Waals surface area contributed by atoms with Gasteiger partial charge in [-0.25, -0.2) is 4.98 Å². The molecular formula is C18H14BrN3O3S. The minimum Gasteiger partial charge on any atom is -0.329 e. The van der Waals surface area contributed by atoms with Crippen LogP contribution in [0.15, 0.2) is 46.9 Å². The molecule has 8 heteroatoms. The minimum absolute atomic E-state index is 0.0809. The van der Waals surface area contributed by atoms with E-state index in [9.17, 15) is 14.9 Å². The van der Waals surface area contributed by atoms with Crippen LogP contribution in [0.4, 0.5) is 5.69 Å². The Morgan fingerprint density at radius 1 is 1.31 bits per heavy atom. The molecule has 0 spiro atoms. The Balaban J connectivity index is 1.67. The van der Waals surface area contributed by atoms with Gasteiger partial charge in [-0.15, -0.1) is 11.3 Å². The summed E-state index contributed by atoms with van der Waals surface area (Å²) in [5.41, 5.74) is 1.16. The summed E-state index contributed by atoms with van der Waals surface area (Å²) >= 11 is 4.76. The quantitative estimate of drug-likeness (QED) is 0.434. The van der Waals surface area contributed by atoms with Crippen LogP contribution >= 0.6 is 27.3 Å². The first-order valence-electron chi connectivity index (χ1n) is 8.15. The van der Waals surface area contributed by atoms with E-state index in [0.29, 0.717) is 16.6 Å². The van der Waals surface area contributed by atoms with Crippen LogP contribution in [0, 0.1) is 10.1 Å². The lowest BCUT2D eigenvalue weighted by molar-refractivity contribution is -0.385. The summed E-state index contributed by atoms with van der Waals surface area (Å²) in [6.07, 6.45) is 1.75. The van der Waals surface area contributed by atoms with Crippen LogP contribution in [-0.4, -0.2) is 27.3 Å². The first-order chi connectivity index (χ1) is 12.5. The van der Waals surface area contributed by atoms with Gasteiger partial charge in [-0.1, -0.05) is 12.1 Å². The van der Waals surface area contributed by atoms with Gasteiger partial charge in [0.25, 0.3) is 11.6 Å². The second-order valence-electron chi connectivity index (χ2n) is 6.10. The highest BCUT2D eigenvalue weighted by molar-refractivity contribution is 9.10. The largest absolute Gasteiger partial charge is 0.329 e. The zero-order chi connectivity index (χ0) is 18.3. The monoisotopic (exact) mass is 431 g/mol. The number of hydrogen-bond acceptors (Lipinski definition) is 5. The molecule has 1 amide bonds. The van der Waals surface area contributed by atoms with Crippen molar-refractivity contribution in [2.75, 3.05) is 6.54 Å². The molecule has 2 heterocycles. The summed E-state index contributed by atoms with van der Waals surface area (Å²) in [5, 5.41) is 12.1. The van der Waals surface area contributed by atoms with E-state index in [1.54, 1.807) is 28.4 Å². The Labute approximate surface area is 161 Å². The van der Waals surface area contributed by atoms with Crippen molar-refractivity contribution in [3.8, 4) is 0 Å². The number of likely N-dealkylation sites (tertiary alicyclic amines) is 1. The van der Waals surface area contributed by atoms with Crippen molar-refractivity contribution in [2.24, 2.45) is 0 Å². The van der Waals surface area contributed by atoms with E-state index in [4.69, 9.17) is 0 Å². The summed E-state index contributed by atoms with van der Waals surface area (Å²) in [6.45, 7) is 0.628. The lowest BCUT2D eigenvalue weighted by Crippen LogP contribution is -2.30. The van der Waals surface area contributed by atoms with Crippen LogP contribution in [0.1, 0.15) is 34.2 Å². The van der Waals surface area contributed by atoms with Gasteiger partial charge in [-0.05, 0) is 53.0 Å². The summed E-state index contributed by atoms with van der Waals surface area (Å²) < 4.78 is 1.46. The van der Waals surface area contributed by atoms with Crippen molar-refractivity contribution in [1.29, 1.82) is 0 Å². The molecule has 3 aromatic rings. The molecule has 0 radical (unpaired) electrons. The standard InChI is InChI=1S/C18H14BrN3O3S/c19-12-8-7-11(10-15(12)22(24)25)18(23)21-9-3-5-14(21)17-20-13-4-1-2-6-16(13)26-17/h1-2,4,6-8,10,14H,3,5,9H2. The fourth-order valence-electron chi connectivity index (χ4n) is 3.25. The van der Waals surface area contributed by atoms with Crippen LogP contribution in [-0.2, 0) is 0 Å². The van der Waals surface area contributed by atoms with E-state index in [0.717, 1.165) is 28.1 Å². The molecule has 1 unspecified atom stereocenters. The molecule has 6 nitrogen and oxygen atoms in total. The number of rotatable bonds is 3. The number of nitro benzene ring substituents is 1. The maximum absolute atomic E-state index is 13.0. The average Bonchev–Trinajstić information content (AvgIpc) is 3.27. The fourth-order valence-corrected chi connectivity index (χ4v) is 4.76. The van der Waals surface area contributed by atoms with E-state index in [1.807, 2.05) is 24.3 Å². The van der Waals surface area contributed by atoms with Gasteiger partial charge in [0.2, 0.25) is 0 Å². The molecule has 0 N–H and O–H groups in total. The fraction of sp³-hybridized carbons (Fsp3) is 0.222. The van der Waals surface area contributed by atoms with Gasteiger partial charge < -0.3 is 4.90 Å². The summed E-state index contributed by atoms with van der Waals surface area (Å²) in [6, 6.07) is 12.3. The number of carbonyl (C=O) groups is 1. The average molecular weight is 432 g/mol. The van der Waals surface area contributed by atoms with Crippen molar-refractivity contribution in [3.63, 3.8) is 0 Å². The Hall–Kier alpha value is -2.32. The van der Waals surface area contributed by atoms with Gasteiger partial charge in [0.05, 0.1) is 25.7 Å². The normalized spacial score (nSPS) is 17.0. The number of aromatic nitrogens is 1. The van der Waals surface area contributed by atoms with Crippen LogP contribution in [0.2, 0.25) is 0 Å². The highest BCUT2D eigenvalue weighted by Crippen LogP contribution is 2.37. The molecule has 26 heavy (non-hydrogen) atoms. The molecule has 1 fully saturated rings. The van der Waals surface area contributed by atoms with Crippen LogP contribution in [0.5, 0.6) is 0 Å². The number of nitro groups is 1. The molecular weight excluding hydrogens is 418 g/mol. The van der Waals surface area contributed by atoms with E-state index in [-0.39, 0.29) is 17.6 Å². The number of benzene rings is 2. The van der Waals surface area contributed by atoms with Crippen molar-refractivity contribution in [3.05, 3.63) is 67.6 Å². The zero-order valence-corrected chi connectivity index (χ0v) is 16.0. The SMILES string of the molecule is O=C(c1ccc(Br)c([N+](=O)[O-])c1)N1CCCC1c1nc2ccccc2s1. The number of hydrogen-bond donors (Lipinski definition) is 0. The first-order valence-corrected chi connectivity index (χ1v) is 9.76. The van der Waals surface area contributed by atoms with E-state index in [1.165, 1.54) is 6.07 Å². The van der Waals surface area contributed by atoms with Gasteiger partial charge in [0.15, 0.2) is 0 Å². The Morgan fingerprint density at radius 2 is 2.12 bits per heavy atom. The number of halogens is 1. The van der Waals surface area contributed by atoms with E-state index in [2.05, 4.69) is 20.9 Å². The molecule has 0 saturated carbocycles. The lowest BCUT2D eigenvalue weighted by atomic mass is 10.1. The molecule has 0 aliphatic carbocycles. The van der Waals surface area contributed by atoms with Crippen molar-refractivity contribution in [1.82, 2.24) is 9.88 Å². The number of thiazole rings is 1. The van der Waals surface area contributed by atoms with Crippen molar-refractivity contribution in [2.45, 2.75) is 18.9 Å². The predicted molar refractivity (Wildman–Crippen MR) is 103 cm³/mol. The molecule has 1 aliphatic heterocycles. The topological polar surface area (TPSA) is 76.3 Å². The Kier molecular flexibility index (Phi) is 4.46. The van der Waals surface area contributed by atoms with Gasteiger partial charge in [-0.3, -0.25) is 14.9 Å². The summed E-state index contributed by atoms with van der Waals surface area (Å²) in [5.74, 6) is -0.192. The molecule has 4 rings (SSSR count). The lowest BCUT2D eigenvalue weighted by Gasteiger charge is -2.23. The molecule has 1 aliphatic rings. The second kappa shape index (κ2) is 6.77. The Bertz CT molecular complexity index is 987. The van der Waals surface area contributed by atoms with Crippen LogP contribution < -0.4 is 0 Å². The predicted octanol–water partition coefficient (Wildman–Crippen LogP) is 4.94. The molecule has 1 atom stereocenters. The van der Waals surface area contributed by atoms with E-state index < -0.39 is 4.92 Å². The van der Waals surface area contributed by atoms with Crippen molar-refractivity contribution < 1.29 is 9.72 Å². The highest BCUT2D eigenvalue weighted by Gasteiger charge is 2.33. The number of nitrogens with zero attached hydrogens (tertiary/aromatic N) is 3. The molecule has 1 saturated heterocycles. The Morgan fingerprint density at radius 3 is 2.88 bits per heavy atom.